The van der Waals surface area contributed by atoms with E-state index in [1.54, 1.807) is 12.1 Å². The van der Waals surface area contributed by atoms with Gasteiger partial charge in [-0.05, 0) is 41.5 Å². The van der Waals surface area contributed by atoms with Crippen molar-refractivity contribution in [3.05, 3.63) is 35.1 Å². The maximum Gasteiger partial charge on any atom is 0.123 e. The van der Waals surface area contributed by atoms with E-state index < -0.39 is 0 Å². The average Bonchev–Trinajstić information content (AvgIpc) is 2.43. The molecule has 1 aliphatic carbocycles. The Morgan fingerprint density at radius 1 is 1.27 bits per heavy atom. The molecular weight excluding hydrogens is 187 g/mol. The van der Waals surface area contributed by atoms with Gasteiger partial charge < -0.3 is 0 Å². The van der Waals surface area contributed by atoms with Gasteiger partial charge in [-0.3, -0.25) is 0 Å². The van der Waals surface area contributed by atoms with Gasteiger partial charge in [0.2, 0.25) is 0 Å². The Hall–Kier alpha value is -0.850. The Kier molecular flexibility index (Phi) is 3.90. The number of hydrogen-bond acceptors (Lipinski definition) is 0. The predicted octanol–water partition coefficient (Wildman–Crippen LogP) is 4.47. The van der Waals surface area contributed by atoms with Crippen LogP contribution in [0.4, 0.5) is 4.39 Å². The number of rotatable bonds is 0. The maximum atomic E-state index is 12.8. The molecule has 0 amide bonds. The van der Waals surface area contributed by atoms with Crippen molar-refractivity contribution in [3.63, 3.8) is 0 Å². The van der Waals surface area contributed by atoms with Gasteiger partial charge in [-0.1, -0.05) is 40.2 Å². The zero-order valence-corrected chi connectivity index (χ0v) is 10.2. The SMILES string of the molecule is CC1(C)CCc2cc(F)ccc21.CCC. The van der Waals surface area contributed by atoms with Crippen molar-refractivity contribution in [2.24, 2.45) is 0 Å². The van der Waals surface area contributed by atoms with Crippen LogP contribution in [-0.4, -0.2) is 0 Å². The molecule has 0 nitrogen and oxygen atoms in total. The Labute approximate surface area is 92.5 Å². The van der Waals surface area contributed by atoms with Crippen LogP contribution in [0.3, 0.4) is 0 Å². The highest BCUT2D eigenvalue weighted by atomic mass is 19.1. The van der Waals surface area contributed by atoms with Crippen LogP contribution in [0.1, 0.15) is 51.7 Å². The normalized spacial score (nSPS) is 16.6. The van der Waals surface area contributed by atoms with Crippen LogP contribution in [0.25, 0.3) is 0 Å². The third-order valence-corrected chi connectivity index (χ3v) is 2.82. The van der Waals surface area contributed by atoms with E-state index in [4.69, 9.17) is 0 Å². The molecule has 0 unspecified atom stereocenters. The van der Waals surface area contributed by atoms with Crippen molar-refractivity contribution >= 4 is 0 Å². The van der Waals surface area contributed by atoms with Crippen LogP contribution in [0.15, 0.2) is 18.2 Å². The first-order chi connectivity index (χ1) is 7.01. The molecule has 1 aromatic carbocycles. The molecule has 1 aliphatic rings. The minimum absolute atomic E-state index is 0.105. The molecule has 0 aliphatic heterocycles. The molecular formula is C14H21F. The summed E-state index contributed by atoms with van der Waals surface area (Å²) in [4.78, 5) is 0. The molecule has 0 saturated heterocycles. The van der Waals surface area contributed by atoms with Crippen molar-refractivity contribution in [3.8, 4) is 0 Å². The van der Waals surface area contributed by atoms with Crippen LogP contribution in [0.5, 0.6) is 0 Å². The fourth-order valence-electron chi connectivity index (χ4n) is 2.01. The Balaban J connectivity index is 0.000000337. The van der Waals surface area contributed by atoms with Crippen molar-refractivity contribution in [2.45, 2.75) is 52.4 Å². The van der Waals surface area contributed by atoms with E-state index in [0.717, 1.165) is 12.8 Å². The van der Waals surface area contributed by atoms with Gasteiger partial charge in [-0.2, -0.15) is 0 Å². The molecule has 2 rings (SSSR count). The lowest BCUT2D eigenvalue weighted by molar-refractivity contribution is 0.522. The molecule has 0 radical (unpaired) electrons. The quantitative estimate of drug-likeness (QED) is 0.590. The first-order valence-electron chi connectivity index (χ1n) is 5.80. The Bertz CT molecular complexity index is 326. The first-order valence-corrected chi connectivity index (χ1v) is 5.80. The third kappa shape index (κ3) is 2.80. The van der Waals surface area contributed by atoms with Crippen LogP contribution >= 0.6 is 0 Å². The van der Waals surface area contributed by atoms with E-state index in [-0.39, 0.29) is 11.2 Å². The summed E-state index contributed by atoms with van der Waals surface area (Å²) in [6.07, 6.45) is 3.42. The zero-order chi connectivity index (χ0) is 11.5. The lowest BCUT2D eigenvalue weighted by Gasteiger charge is -2.18. The average molecular weight is 208 g/mol. The predicted molar refractivity (Wildman–Crippen MR) is 63.7 cm³/mol. The van der Waals surface area contributed by atoms with Crippen molar-refractivity contribution in [2.75, 3.05) is 0 Å². The van der Waals surface area contributed by atoms with Gasteiger partial charge in [0.25, 0.3) is 0 Å². The summed E-state index contributed by atoms with van der Waals surface area (Å²) in [6.45, 7) is 8.69. The van der Waals surface area contributed by atoms with Gasteiger partial charge >= 0.3 is 0 Å². The molecule has 0 saturated carbocycles. The highest BCUT2D eigenvalue weighted by Gasteiger charge is 2.29. The van der Waals surface area contributed by atoms with Crippen molar-refractivity contribution in [1.29, 1.82) is 0 Å². The fraction of sp³-hybridized carbons (Fsp3) is 0.571. The summed E-state index contributed by atoms with van der Waals surface area (Å²) in [7, 11) is 0. The van der Waals surface area contributed by atoms with Crippen LogP contribution in [0, 0.1) is 5.82 Å². The minimum Gasteiger partial charge on any atom is -0.207 e. The van der Waals surface area contributed by atoms with Gasteiger partial charge in [-0.15, -0.1) is 0 Å². The van der Waals surface area contributed by atoms with E-state index in [2.05, 4.69) is 27.7 Å². The second-order valence-electron chi connectivity index (χ2n) is 4.89. The zero-order valence-electron chi connectivity index (χ0n) is 10.2. The number of hydrogen-bond donors (Lipinski definition) is 0. The highest BCUT2D eigenvalue weighted by Crippen LogP contribution is 2.38. The number of aryl methyl sites for hydroxylation is 1. The maximum absolute atomic E-state index is 12.8. The first kappa shape index (κ1) is 12.2. The molecule has 0 atom stereocenters. The van der Waals surface area contributed by atoms with Crippen LogP contribution in [-0.2, 0) is 11.8 Å². The Morgan fingerprint density at radius 3 is 2.47 bits per heavy atom. The monoisotopic (exact) mass is 208 g/mol. The summed E-state index contributed by atoms with van der Waals surface area (Å²) in [6, 6.07) is 5.16. The van der Waals surface area contributed by atoms with Crippen LogP contribution in [0.2, 0.25) is 0 Å². The van der Waals surface area contributed by atoms with Crippen molar-refractivity contribution < 1.29 is 4.39 Å². The topological polar surface area (TPSA) is 0 Å². The largest absolute Gasteiger partial charge is 0.207 e. The number of halogens is 1. The van der Waals surface area contributed by atoms with E-state index in [9.17, 15) is 4.39 Å². The van der Waals surface area contributed by atoms with Gasteiger partial charge in [0, 0.05) is 0 Å². The summed E-state index contributed by atoms with van der Waals surface area (Å²) in [5.41, 5.74) is 2.77. The molecule has 1 aromatic rings. The molecule has 0 fully saturated rings. The molecule has 84 valence electrons. The standard InChI is InChI=1S/C11H13F.C3H8/c1-11(2)6-5-8-7-9(12)3-4-10(8)11;1-3-2/h3-4,7H,5-6H2,1-2H3;3H2,1-2H3. The number of benzene rings is 1. The van der Waals surface area contributed by atoms with Gasteiger partial charge in [0.15, 0.2) is 0 Å². The van der Waals surface area contributed by atoms with Crippen molar-refractivity contribution in [1.82, 2.24) is 0 Å². The van der Waals surface area contributed by atoms with Gasteiger partial charge in [0.1, 0.15) is 5.82 Å². The molecule has 0 N–H and O–H groups in total. The second kappa shape index (κ2) is 4.78. The molecule has 1 heteroatoms. The molecule has 0 bridgehead atoms. The molecule has 0 heterocycles. The summed E-state index contributed by atoms with van der Waals surface area (Å²) < 4.78 is 12.8. The second-order valence-corrected chi connectivity index (χ2v) is 4.89. The third-order valence-electron chi connectivity index (χ3n) is 2.82. The molecule has 0 spiro atoms. The minimum atomic E-state index is -0.105. The molecule has 0 aromatic heterocycles. The van der Waals surface area contributed by atoms with Gasteiger partial charge in [0.05, 0.1) is 0 Å². The summed E-state index contributed by atoms with van der Waals surface area (Å²) >= 11 is 0. The smallest absolute Gasteiger partial charge is 0.123 e. The molecule has 15 heavy (non-hydrogen) atoms. The van der Waals surface area contributed by atoms with E-state index in [0.29, 0.717) is 0 Å². The van der Waals surface area contributed by atoms with E-state index in [1.165, 1.54) is 17.5 Å². The highest BCUT2D eigenvalue weighted by molar-refractivity contribution is 5.38. The van der Waals surface area contributed by atoms with Gasteiger partial charge in [-0.25, -0.2) is 4.39 Å². The lowest BCUT2D eigenvalue weighted by Crippen LogP contribution is -2.11. The summed E-state index contributed by atoms with van der Waals surface area (Å²) in [5, 5.41) is 0. The fourth-order valence-corrected chi connectivity index (χ4v) is 2.01. The van der Waals surface area contributed by atoms with E-state index >= 15 is 0 Å². The summed E-state index contributed by atoms with van der Waals surface area (Å²) in [5.74, 6) is -0.105. The number of fused-ring (bicyclic) bond motifs is 1. The Morgan fingerprint density at radius 2 is 1.87 bits per heavy atom. The van der Waals surface area contributed by atoms with E-state index in [1.807, 2.05) is 6.07 Å². The van der Waals surface area contributed by atoms with Crippen LogP contribution < -0.4 is 0 Å². The lowest BCUT2D eigenvalue weighted by atomic mass is 9.87.